The van der Waals surface area contributed by atoms with Gasteiger partial charge in [0.25, 0.3) is 0 Å². The summed E-state index contributed by atoms with van der Waals surface area (Å²) < 4.78 is 25.1. The molecule has 1 atom stereocenters. The molecule has 0 aliphatic heterocycles. The summed E-state index contributed by atoms with van der Waals surface area (Å²) in [5.74, 6) is -0.0240. The number of ether oxygens (including phenoxy) is 2. The lowest BCUT2D eigenvalue weighted by Crippen LogP contribution is -2.14. The molecular weight excluding hydrogens is 293 g/mol. The Morgan fingerprint density at radius 1 is 1.19 bits per heavy atom. The van der Waals surface area contributed by atoms with Crippen molar-refractivity contribution in [2.45, 2.75) is 12.5 Å². The molecule has 0 spiro atoms. The van der Waals surface area contributed by atoms with E-state index in [1.807, 2.05) is 6.07 Å². The lowest BCUT2D eigenvalue weighted by atomic mass is 10.0. The van der Waals surface area contributed by atoms with E-state index in [9.17, 15) is 4.39 Å². The quantitative estimate of drug-likeness (QED) is 0.865. The van der Waals surface area contributed by atoms with Gasteiger partial charge in [-0.3, -0.25) is 0 Å². The molecule has 0 saturated heterocycles. The van der Waals surface area contributed by atoms with E-state index in [1.54, 1.807) is 43.5 Å². The van der Waals surface area contributed by atoms with Gasteiger partial charge in [0.05, 0.1) is 5.02 Å². The normalized spacial score (nSPS) is 12.2. The molecule has 0 unspecified atom stereocenters. The third kappa shape index (κ3) is 3.94. The molecule has 2 aromatic rings. The summed E-state index contributed by atoms with van der Waals surface area (Å²) in [5, 5.41) is 0.207. The van der Waals surface area contributed by atoms with Crippen molar-refractivity contribution in [3.05, 3.63) is 58.9 Å². The van der Waals surface area contributed by atoms with Gasteiger partial charge in [0.1, 0.15) is 5.75 Å². The highest BCUT2D eigenvalue weighted by atomic mass is 35.5. The number of benzene rings is 2. The van der Waals surface area contributed by atoms with Gasteiger partial charge in [0.2, 0.25) is 0 Å². The zero-order valence-corrected chi connectivity index (χ0v) is 12.4. The number of para-hydroxylation sites is 1. The van der Waals surface area contributed by atoms with Crippen molar-refractivity contribution < 1.29 is 13.9 Å². The van der Waals surface area contributed by atoms with E-state index in [0.717, 1.165) is 0 Å². The van der Waals surface area contributed by atoms with E-state index >= 15 is 0 Å². The summed E-state index contributed by atoms with van der Waals surface area (Å²) in [4.78, 5) is 0. The second-order valence-corrected chi connectivity index (χ2v) is 4.99. The first-order valence-corrected chi connectivity index (χ1v) is 6.96. The van der Waals surface area contributed by atoms with Crippen LogP contribution >= 0.6 is 11.6 Å². The molecule has 2 aromatic carbocycles. The van der Waals surface area contributed by atoms with Crippen LogP contribution in [0.15, 0.2) is 42.5 Å². The molecule has 0 heterocycles. The Kier molecular flexibility index (Phi) is 5.56. The summed E-state index contributed by atoms with van der Waals surface area (Å²) in [5.41, 5.74) is 6.34. The molecule has 0 bridgehead atoms. The maximum Gasteiger partial charge on any atom is 0.181 e. The second kappa shape index (κ2) is 7.41. The molecule has 0 amide bonds. The van der Waals surface area contributed by atoms with Crippen molar-refractivity contribution in [2.75, 3.05) is 13.7 Å². The van der Waals surface area contributed by atoms with Crippen LogP contribution in [0.2, 0.25) is 5.02 Å². The first-order valence-electron chi connectivity index (χ1n) is 6.58. The van der Waals surface area contributed by atoms with Gasteiger partial charge in [0.15, 0.2) is 11.6 Å². The van der Waals surface area contributed by atoms with E-state index in [-0.39, 0.29) is 10.8 Å². The number of halogens is 2. The highest BCUT2D eigenvalue weighted by Crippen LogP contribution is 2.35. The number of hydrogen-bond donors (Lipinski definition) is 1. The van der Waals surface area contributed by atoms with Crippen LogP contribution in [0.1, 0.15) is 18.0 Å². The van der Waals surface area contributed by atoms with Gasteiger partial charge in [-0.05, 0) is 24.6 Å². The van der Waals surface area contributed by atoms with Gasteiger partial charge >= 0.3 is 0 Å². The van der Waals surface area contributed by atoms with E-state index < -0.39 is 11.9 Å². The molecule has 0 aliphatic carbocycles. The van der Waals surface area contributed by atoms with Gasteiger partial charge in [-0.1, -0.05) is 35.9 Å². The maximum absolute atomic E-state index is 14.6. The van der Waals surface area contributed by atoms with E-state index in [1.165, 1.54) is 0 Å². The topological polar surface area (TPSA) is 44.5 Å². The Labute approximate surface area is 128 Å². The molecule has 0 aromatic heterocycles. The fraction of sp³-hybridized carbons (Fsp3) is 0.250. The Hall–Kier alpha value is -1.62. The molecule has 0 fully saturated rings. The molecule has 112 valence electrons. The first kappa shape index (κ1) is 15.8. The minimum atomic E-state index is -0.532. The van der Waals surface area contributed by atoms with Gasteiger partial charge in [-0.25, -0.2) is 4.39 Å². The van der Waals surface area contributed by atoms with Crippen molar-refractivity contribution in [3.63, 3.8) is 0 Å². The number of nitrogens with two attached hydrogens (primary N) is 1. The monoisotopic (exact) mass is 309 g/mol. The summed E-state index contributed by atoms with van der Waals surface area (Å²) in [7, 11) is 1.58. The Balaban J connectivity index is 2.28. The fourth-order valence-electron chi connectivity index (χ4n) is 1.93. The average molecular weight is 310 g/mol. The molecule has 0 saturated carbocycles. The molecule has 5 heteroatoms. The van der Waals surface area contributed by atoms with Crippen LogP contribution in [-0.4, -0.2) is 13.7 Å². The van der Waals surface area contributed by atoms with Gasteiger partial charge in [-0.2, -0.15) is 0 Å². The molecule has 2 N–H and O–H groups in total. The van der Waals surface area contributed by atoms with Crippen LogP contribution in [0, 0.1) is 5.82 Å². The largest absolute Gasteiger partial charge is 0.453 e. The standard InChI is InChI=1S/C16H17ClFNO2/c1-20-10-9-14(19)12-7-8-13(17)16(15(12)18)21-11-5-3-2-4-6-11/h2-8,14H,9-10,19H2,1H3/t14-/m1/s1. The highest BCUT2D eigenvalue weighted by Gasteiger charge is 2.19. The first-order chi connectivity index (χ1) is 10.1. The minimum absolute atomic E-state index is 0.00627. The van der Waals surface area contributed by atoms with Crippen molar-refractivity contribution >= 4 is 11.6 Å². The zero-order valence-electron chi connectivity index (χ0n) is 11.7. The summed E-state index contributed by atoms with van der Waals surface area (Å²) in [6.07, 6.45) is 0.514. The summed E-state index contributed by atoms with van der Waals surface area (Å²) in [6, 6.07) is 11.6. The van der Waals surface area contributed by atoms with Crippen LogP contribution < -0.4 is 10.5 Å². The van der Waals surface area contributed by atoms with E-state index in [2.05, 4.69) is 0 Å². The van der Waals surface area contributed by atoms with Crippen molar-refractivity contribution in [2.24, 2.45) is 5.73 Å². The number of hydrogen-bond acceptors (Lipinski definition) is 3. The van der Waals surface area contributed by atoms with Crippen LogP contribution in [0.4, 0.5) is 4.39 Å². The van der Waals surface area contributed by atoms with Crippen LogP contribution in [0.3, 0.4) is 0 Å². The van der Waals surface area contributed by atoms with Crippen LogP contribution in [0.5, 0.6) is 11.5 Å². The van der Waals surface area contributed by atoms with Crippen molar-refractivity contribution in [1.82, 2.24) is 0 Å². The smallest absolute Gasteiger partial charge is 0.181 e. The number of methoxy groups -OCH3 is 1. The van der Waals surface area contributed by atoms with Crippen LogP contribution in [0.25, 0.3) is 0 Å². The van der Waals surface area contributed by atoms with Crippen molar-refractivity contribution in [1.29, 1.82) is 0 Å². The lowest BCUT2D eigenvalue weighted by Gasteiger charge is -2.16. The number of rotatable bonds is 6. The predicted molar refractivity (Wildman–Crippen MR) is 81.3 cm³/mol. The molecule has 0 aliphatic rings. The Bertz CT molecular complexity index is 592. The predicted octanol–water partition coefficient (Wildman–Crippen LogP) is 4.31. The molecule has 0 radical (unpaired) electrons. The average Bonchev–Trinajstić information content (AvgIpc) is 2.50. The highest BCUT2D eigenvalue weighted by molar-refractivity contribution is 6.32. The summed E-state index contributed by atoms with van der Waals surface area (Å²) in [6.45, 7) is 0.456. The third-order valence-corrected chi connectivity index (χ3v) is 3.37. The van der Waals surface area contributed by atoms with Gasteiger partial charge in [0, 0.05) is 25.3 Å². The van der Waals surface area contributed by atoms with Crippen LogP contribution in [-0.2, 0) is 4.74 Å². The van der Waals surface area contributed by atoms with Crippen molar-refractivity contribution in [3.8, 4) is 11.5 Å². The fourth-order valence-corrected chi connectivity index (χ4v) is 2.12. The van der Waals surface area contributed by atoms with Gasteiger partial charge < -0.3 is 15.2 Å². The van der Waals surface area contributed by atoms with Gasteiger partial charge in [-0.15, -0.1) is 0 Å². The SMILES string of the molecule is COCC[C@@H](N)c1ccc(Cl)c(Oc2ccccc2)c1F. The molecule has 21 heavy (non-hydrogen) atoms. The second-order valence-electron chi connectivity index (χ2n) is 4.58. The van der Waals surface area contributed by atoms with E-state index in [0.29, 0.717) is 24.3 Å². The molecule has 2 rings (SSSR count). The summed E-state index contributed by atoms with van der Waals surface area (Å²) >= 11 is 6.03. The minimum Gasteiger partial charge on any atom is -0.453 e. The third-order valence-electron chi connectivity index (χ3n) is 3.07. The van der Waals surface area contributed by atoms with E-state index in [4.69, 9.17) is 26.8 Å². The lowest BCUT2D eigenvalue weighted by molar-refractivity contribution is 0.187. The maximum atomic E-state index is 14.6. The zero-order chi connectivity index (χ0) is 15.2. The Morgan fingerprint density at radius 2 is 1.90 bits per heavy atom. The molecule has 3 nitrogen and oxygen atoms in total. The molecular formula is C16H17ClFNO2. The Morgan fingerprint density at radius 3 is 2.57 bits per heavy atom.